The normalized spacial score (nSPS) is 11.2. The van der Waals surface area contributed by atoms with Crippen LogP contribution in [-0.4, -0.2) is 29.7 Å². The van der Waals surface area contributed by atoms with Crippen LogP contribution in [0.3, 0.4) is 0 Å². The molecule has 0 unspecified atom stereocenters. The molecule has 1 N–H and O–H groups in total. The zero-order valence-electron chi connectivity index (χ0n) is 10.8. The van der Waals surface area contributed by atoms with Gasteiger partial charge in [0.2, 0.25) is 10.0 Å². The van der Waals surface area contributed by atoms with Crippen molar-refractivity contribution in [3.63, 3.8) is 0 Å². The predicted molar refractivity (Wildman–Crippen MR) is 71.1 cm³/mol. The SMILES string of the molecule is Cn1cc(CCNS(=O)(=O)c2ccc(C#N)nc2)cn1. The Morgan fingerprint density at radius 1 is 1.40 bits per heavy atom. The molecule has 104 valence electrons. The lowest BCUT2D eigenvalue weighted by Gasteiger charge is -2.05. The van der Waals surface area contributed by atoms with Crippen molar-refractivity contribution in [1.29, 1.82) is 5.26 Å². The van der Waals surface area contributed by atoms with Crippen LogP contribution in [0.4, 0.5) is 0 Å². The summed E-state index contributed by atoms with van der Waals surface area (Å²) in [7, 11) is -1.80. The van der Waals surface area contributed by atoms with Crippen molar-refractivity contribution in [3.05, 3.63) is 42.0 Å². The van der Waals surface area contributed by atoms with Gasteiger partial charge in [0.1, 0.15) is 16.7 Å². The molecule has 0 fully saturated rings. The van der Waals surface area contributed by atoms with Crippen LogP contribution >= 0.6 is 0 Å². The average Bonchev–Trinajstić information content (AvgIpc) is 2.84. The third kappa shape index (κ3) is 3.40. The molecule has 2 heterocycles. The number of hydrogen-bond acceptors (Lipinski definition) is 5. The van der Waals surface area contributed by atoms with Crippen LogP contribution in [0, 0.1) is 11.3 Å². The van der Waals surface area contributed by atoms with Gasteiger partial charge in [0.05, 0.1) is 6.20 Å². The minimum atomic E-state index is -3.60. The molecule has 0 aliphatic rings. The Kier molecular flexibility index (Phi) is 4.12. The van der Waals surface area contributed by atoms with E-state index in [0.29, 0.717) is 6.42 Å². The van der Waals surface area contributed by atoms with E-state index in [1.54, 1.807) is 17.9 Å². The molecule has 8 heteroatoms. The second-order valence-electron chi connectivity index (χ2n) is 4.16. The van der Waals surface area contributed by atoms with Gasteiger partial charge in [-0.25, -0.2) is 18.1 Å². The number of rotatable bonds is 5. The van der Waals surface area contributed by atoms with E-state index in [-0.39, 0.29) is 17.1 Å². The Hall–Kier alpha value is -2.24. The van der Waals surface area contributed by atoms with Crippen LogP contribution < -0.4 is 4.72 Å². The highest BCUT2D eigenvalue weighted by Crippen LogP contribution is 2.07. The molecule has 2 aromatic heterocycles. The lowest BCUT2D eigenvalue weighted by molar-refractivity contribution is 0.581. The predicted octanol–water partition coefficient (Wildman–Crippen LogP) is 0.208. The minimum absolute atomic E-state index is 0.0442. The molecule has 0 atom stereocenters. The average molecular weight is 291 g/mol. The van der Waals surface area contributed by atoms with Gasteiger partial charge in [-0.1, -0.05) is 0 Å². The first-order valence-corrected chi connectivity index (χ1v) is 7.33. The standard InChI is InChI=1S/C12H13N5O2S/c1-17-9-10(7-15-17)4-5-16-20(18,19)12-3-2-11(6-13)14-8-12/h2-3,7-9,16H,4-5H2,1H3. The van der Waals surface area contributed by atoms with Crippen molar-refractivity contribution in [2.45, 2.75) is 11.3 Å². The van der Waals surface area contributed by atoms with Crippen molar-refractivity contribution in [3.8, 4) is 6.07 Å². The lowest BCUT2D eigenvalue weighted by atomic mass is 10.3. The van der Waals surface area contributed by atoms with Crippen LogP contribution in [0.15, 0.2) is 35.6 Å². The molecule has 0 saturated heterocycles. The summed E-state index contributed by atoms with van der Waals surface area (Å²) in [6.45, 7) is 0.272. The van der Waals surface area contributed by atoms with Crippen LogP contribution in [0.25, 0.3) is 0 Å². The molecule has 0 aliphatic carbocycles. The molecule has 20 heavy (non-hydrogen) atoms. The van der Waals surface area contributed by atoms with Gasteiger partial charge < -0.3 is 0 Å². The Balaban J connectivity index is 1.98. The fourth-order valence-electron chi connectivity index (χ4n) is 1.62. The molecule has 0 amide bonds. The van der Waals surface area contributed by atoms with Gasteiger partial charge in [0.15, 0.2) is 0 Å². The number of pyridine rings is 1. The molecular formula is C12H13N5O2S. The second-order valence-corrected chi connectivity index (χ2v) is 5.93. The molecule has 0 aromatic carbocycles. The Bertz CT molecular complexity index is 728. The molecular weight excluding hydrogens is 278 g/mol. The second kappa shape index (κ2) is 5.81. The van der Waals surface area contributed by atoms with Gasteiger partial charge in [0.25, 0.3) is 0 Å². The van der Waals surface area contributed by atoms with Gasteiger partial charge in [-0.15, -0.1) is 0 Å². The summed E-state index contributed by atoms with van der Waals surface area (Å²) in [5.41, 5.74) is 1.13. The highest BCUT2D eigenvalue weighted by Gasteiger charge is 2.13. The first-order chi connectivity index (χ1) is 9.51. The third-order valence-electron chi connectivity index (χ3n) is 2.63. The van der Waals surface area contributed by atoms with Crippen molar-refractivity contribution in [1.82, 2.24) is 19.5 Å². The lowest BCUT2D eigenvalue weighted by Crippen LogP contribution is -2.26. The Morgan fingerprint density at radius 2 is 2.20 bits per heavy atom. The molecule has 7 nitrogen and oxygen atoms in total. The van der Waals surface area contributed by atoms with E-state index < -0.39 is 10.0 Å². The Labute approximate surface area is 116 Å². The van der Waals surface area contributed by atoms with E-state index in [4.69, 9.17) is 5.26 Å². The van der Waals surface area contributed by atoms with E-state index in [1.165, 1.54) is 18.3 Å². The Morgan fingerprint density at radius 3 is 2.75 bits per heavy atom. The largest absolute Gasteiger partial charge is 0.276 e. The van der Waals surface area contributed by atoms with Crippen molar-refractivity contribution in [2.75, 3.05) is 6.54 Å². The number of aryl methyl sites for hydroxylation is 1. The minimum Gasteiger partial charge on any atom is -0.276 e. The zero-order chi connectivity index (χ0) is 14.6. The summed E-state index contributed by atoms with van der Waals surface area (Å²) < 4.78 is 28.1. The van der Waals surface area contributed by atoms with Gasteiger partial charge in [-0.2, -0.15) is 10.4 Å². The van der Waals surface area contributed by atoms with E-state index in [2.05, 4.69) is 14.8 Å². The van der Waals surface area contributed by atoms with Gasteiger partial charge in [-0.3, -0.25) is 4.68 Å². The summed E-state index contributed by atoms with van der Waals surface area (Å²) in [6, 6.07) is 4.57. The molecule has 0 radical (unpaired) electrons. The number of nitrogens with zero attached hydrogens (tertiary/aromatic N) is 4. The van der Waals surface area contributed by atoms with Gasteiger partial charge >= 0.3 is 0 Å². The van der Waals surface area contributed by atoms with E-state index in [0.717, 1.165) is 5.56 Å². The zero-order valence-corrected chi connectivity index (χ0v) is 11.6. The fraction of sp³-hybridized carbons (Fsp3) is 0.250. The van der Waals surface area contributed by atoms with Crippen LogP contribution in [0.2, 0.25) is 0 Å². The number of hydrogen-bond donors (Lipinski definition) is 1. The summed E-state index contributed by atoms with van der Waals surface area (Å²) in [5, 5.41) is 12.6. The molecule has 0 spiro atoms. The van der Waals surface area contributed by atoms with Gasteiger partial charge in [0, 0.05) is 26.0 Å². The van der Waals surface area contributed by atoms with Gasteiger partial charge in [-0.05, 0) is 24.1 Å². The van der Waals surface area contributed by atoms with Crippen LogP contribution in [-0.2, 0) is 23.5 Å². The fourth-order valence-corrected chi connectivity index (χ4v) is 2.60. The quantitative estimate of drug-likeness (QED) is 0.848. The molecule has 2 aromatic rings. The third-order valence-corrected chi connectivity index (χ3v) is 4.07. The van der Waals surface area contributed by atoms with E-state index in [9.17, 15) is 8.42 Å². The van der Waals surface area contributed by atoms with Crippen LogP contribution in [0.5, 0.6) is 0 Å². The maximum absolute atomic E-state index is 12.0. The maximum Gasteiger partial charge on any atom is 0.242 e. The monoisotopic (exact) mass is 291 g/mol. The molecule has 2 rings (SSSR count). The highest BCUT2D eigenvalue weighted by molar-refractivity contribution is 7.89. The number of nitrogens with one attached hydrogen (secondary N) is 1. The first kappa shape index (κ1) is 14.2. The van der Waals surface area contributed by atoms with Crippen molar-refractivity contribution >= 4 is 10.0 Å². The number of sulfonamides is 1. The topological polar surface area (TPSA) is 101 Å². The van der Waals surface area contributed by atoms with E-state index in [1.807, 2.05) is 12.3 Å². The van der Waals surface area contributed by atoms with Crippen LogP contribution in [0.1, 0.15) is 11.3 Å². The summed E-state index contributed by atoms with van der Waals surface area (Å²) in [6.07, 6.45) is 5.25. The number of nitriles is 1. The summed E-state index contributed by atoms with van der Waals surface area (Å²) in [4.78, 5) is 3.78. The molecule has 0 saturated carbocycles. The van der Waals surface area contributed by atoms with Crippen molar-refractivity contribution in [2.24, 2.45) is 7.05 Å². The van der Waals surface area contributed by atoms with E-state index >= 15 is 0 Å². The molecule has 0 bridgehead atoms. The maximum atomic E-state index is 12.0. The summed E-state index contributed by atoms with van der Waals surface area (Å²) in [5.74, 6) is 0. The summed E-state index contributed by atoms with van der Waals surface area (Å²) >= 11 is 0. The first-order valence-electron chi connectivity index (χ1n) is 5.84. The highest BCUT2D eigenvalue weighted by atomic mass is 32.2. The van der Waals surface area contributed by atoms with Crippen molar-refractivity contribution < 1.29 is 8.42 Å². The number of aromatic nitrogens is 3. The molecule has 0 aliphatic heterocycles. The smallest absolute Gasteiger partial charge is 0.242 e.